The van der Waals surface area contributed by atoms with Crippen molar-refractivity contribution >= 4 is 34.2 Å². The van der Waals surface area contributed by atoms with Gasteiger partial charge in [0.2, 0.25) is 0 Å². The van der Waals surface area contributed by atoms with E-state index in [9.17, 15) is 9.59 Å². The molecule has 0 amide bonds. The number of ether oxygens (including phenoxy) is 2. The standard InChI is InChI=1S/C33H38INO4/c1-7-39-31-22(34)13-21(14-27(31)38-6)28-29-23(15-32(2,3)17-25(29)36)35(19-20-11-9-8-10-12-20)24-16-33(4,5)18-26(37)30(24)28/h8-14,28H,7,15-19H2,1-6H3. The van der Waals surface area contributed by atoms with Gasteiger partial charge in [-0.3, -0.25) is 9.59 Å². The first-order chi connectivity index (χ1) is 18.4. The Bertz CT molecular complexity index is 1330. The molecule has 2 aliphatic carbocycles. The lowest BCUT2D eigenvalue weighted by Crippen LogP contribution is -2.44. The molecule has 1 heterocycles. The van der Waals surface area contributed by atoms with Crippen molar-refractivity contribution in [3.8, 4) is 11.5 Å². The highest BCUT2D eigenvalue weighted by atomic mass is 127. The number of carbonyl (C=O) groups excluding carboxylic acids is 2. The van der Waals surface area contributed by atoms with E-state index in [2.05, 4.69) is 73.4 Å². The fourth-order valence-electron chi connectivity index (χ4n) is 6.53. The molecular weight excluding hydrogens is 601 g/mol. The molecule has 39 heavy (non-hydrogen) atoms. The predicted molar refractivity (Wildman–Crippen MR) is 162 cm³/mol. The second-order valence-electron chi connectivity index (χ2n) is 12.6. The van der Waals surface area contributed by atoms with E-state index in [-0.39, 0.29) is 22.4 Å². The summed E-state index contributed by atoms with van der Waals surface area (Å²) in [7, 11) is 1.64. The molecule has 0 aromatic heterocycles. The minimum absolute atomic E-state index is 0.136. The number of nitrogens with zero attached hydrogens (tertiary/aromatic N) is 1. The molecule has 1 aliphatic heterocycles. The molecule has 0 atom stereocenters. The Kier molecular flexibility index (Phi) is 7.46. The minimum atomic E-state index is -0.410. The average molecular weight is 640 g/mol. The van der Waals surface area contributed by atoms with Crippen molar-refractivity contribution in [2.45, 2.75) is 72.8 Å². The van der Waals surface area contributed by atoms with E-state index in [0.29, 0.717) is 37.5 Å². The van der Waals surface area contributed by atoms with Crippen LogP contribution in [0.5, 0.6) is 11.5 Å². The Hall–Kier alpha value is -2.61. The zero-order chi connectivity index (χ0) is 28.1. The Morgan fingerprint density at radius 3 is 1.97 bits per heavy atom. The van der Waals surface area contributed by atoms with Crippen molar-refractivity contribution < 1.29 is 19.1 Å². The highest BCUT2D eigenvalue weighted by Crippen LogP contribution is 2.55. The molecule has 3 aliphatic rings. The van der Waals surface area contributed by atoms with Gasteiger partial charge in [0.15, 0.2) is 23.1 Å². The van der Waals surface area contributed by atoms with Gasteiger partial charge in [-0.25, -0.2) is 0 Å². The zero-order valence-electron chi connectivity index (χ0n) is 23.8. The molecule has 0 radical (unpaired) electrons. The molecule has 5 rings (SSSR count). The molecule has 206 valence electrons. The number of benzene rings is 2. The van der Waals surface area contributed by atoms with Gasteiger partial charge in [0.25, 0.3) is 0 Å². The molecule has 6 heteroatoms. The summed E-state index contributed by atoms with van der Waals surface area (Å²) in [4.78, 5) is 30.5. The molecule has 5 nitrogen and oxygen atoms in total. The number of hydrogen-bond acceptors (Lipinski definition) is 5. The van der Waals surface area contributed by atoms with Gasteiger partial charge in [-0.1, -0.05) is 58.0 Å². The smallest absolute Gasteiger partial charge is 0.174 e. The maximum atomic E-state index is 14.1. The van der Waals surface area contributed by atoms with Gasteiger partial charge in [-0.2, -0.15) is 0 Å². The lowest BCUT2D eigenvalue weighted by molar-refractivity contribution is -0.119. The lowest BCUT2D eigenvalue weighted by atomic mass is 9.63. The molecular formula is C33H38INO4. The molecule has 0 N–H and O–H groups in total. The molecule has 0 saturated heterocycles. The van der Waals surface area contributed by atoms with Crippen molar-refractivity contribution in [1.29, 1.82) is 0 Å². The number of halogens is 1. The number of allylic oxidation sites excluding steroid dienone is 4. The first kappa shape index (κ1) is 27.9. The third-order valence-corrected chi connectivity index (χ3v) is 8.88. The molecule has 0 fully saturated rings. The Morgan fingerprint density at radius 1 is 0.897 bits per heavy atom. The number of Topliss-reactive ketones (excluding diaryl/α,β-unsaturated/α-hetero) is 2. The fraction of sp³-hybridized carbons (Fsp3) is 0.455. The lowest BCUT2D eigenvalue weighted by Gasteiger charge is -2.49. The number of ketones is 2. The van der Waals surface area contributed by atoms with Crippen molar-refractivity contribution in [2.24, 2.45) is 10.8 Å². The first-order valence-electron chi connectivity index (χ1n) is 13.8. The summed E-state index contributed by atoms with van der Waals surface area (Å²) in [6.07, 6.45) is 2.51. The monoisotopic (exact) mass is 639 g/mol. The van der Waals surface area contributed by atoms with Crippen LogP contribution in [0.15, 0.2) is 65.0 Å². The van der Waals surface area contributed by atoms with E-state index in [0.717, 1.165) is 44.5 Å². The number of hydrogen-bond donors (Lipinski definition) is 0. The third-order valence-electron chi connectivity index (χ3n) is 8.08. The van der Waals surface area contributed by atoms with Crippen LogP contribution in [0.25, 0.3) is 0 Å². The van der Waals surface area contributed by atoms with E-state index >= 15 is 0 Å². The summed E-state index contributed by atoms with van der Waals surface area (Å²) in [5.41, 5.74) is 5.45. The van der Waals surface area contributed by atoms with Crippen molar-refractivity contribution in [3.05, 3.63) is 79.7 Å². The van der Waals surface area contributed by atoms with Crippen molar-refractivity contribution in [2.75, 3.05) is 13.7 Å². The molecule has 0 unspecified atom stereocenters. The zero-order valence-corrected chi connectivity index (χ0v) is 26.0. The summed E-state index contributed by atoms with van der Waals surface area (Å²) in [5.74, 6) is 1.18. The van der Waals surface area contributed by atoms with Gasteiger partial charge in [-0.05, 0) is 76.4 Å². The summed E-state index contributed by atoms with van der Waals surface area (Å²) in [5, 5.41) is 0. The van der Waals surface area contributed by atoms with Gasteiger partial charge in [0.1, 0.15) is 0 Å². The number of methoxy groups -OCH3 is 1. The van der Waals surface area contributed by atoms with Gasteiger partial charge in [-0.15, -0.1) is 0 Å². The summed E-state index contributed by atoms with van der Waals surface area (Å²) >= 11 is 2.27. The summed E-state index contributed by atoms with van der Waals surface area (Å²) in [6, 6.07) is 14.4. The molecule has 0 bridgehead atoms. The summed E-state index contributed by atoms with van der Waals surface area (Å²) < 4.78 is 12.6. The van der Waals surface area contributed by atoms with Crippen LogP contribution in [0.4, 0.5) is 0 Å². The molecule has 0 saturated carbocycles. The Balaban J connectivity index is 1.78. The second kappa shape index (κ2) is 10.4. The first-order valence-corrected chi connectivity index (χ1v) is 14.9. The molecule has 2 aromatic carbocycles. The van der Waals surface area contributed by atoms with Crippen LogP contribution in [-0.4, -0.2) is 30.2 Å². The van der Waals surface area contributed by atoms with Crippen molar-refractivity contribution in [3.63, 3.8) is 0 Å². The van der Waals surface area contributed by atoms with E-state index in [1.54, 1.807) is 7.11 Å². The predicted octanol–water partition coefficient (Wildman–Crippen LogP) is 7.58. The SMILES string of the molecule is CCOc1c(I)cc(C2C3=C(CC(C)(C)CC3=O)N(Cc3ccccc3)C3=C2C(=O)CC(C)(C)C3)cc1OC. The third kappa shape index (κ3) is 5.29. The van der Waals surface area contributed by atoms with Crippen LogP contribution in [-0.2, 0) is 16.1 Å². The second-order valence-corrected chi connectivity index (χ2v) is 13.7. The van der Waals surface area contributed by atoms with E-state index < -0.39 is 5.92 Å². The molecule has 2 aromatic rings. The van der Waals surface area contributed by atoms with E-state index in [1.165, 1.54) is 5.56 Å². The minimum Gasteiger partial charge on any atom is -0.493 e. The quantitative estimate of drug-likeness (QED) is 0.305. The van der Waals surface area contributed by atoms with Crippen LogP contribution in [0.1, 0.15) is 77.3 Å². The van der Waals surface area contributed by atoms with Gasteiger partial charge < -0.3 is 14.4 Å². The van der Waals surface area contributed by atoms with Crippen LogP contribution in [0, 0.1) is 14.4 Å². The maximum Gasteiger partial charge on any atom is 0.174 e. The highest BCUT2D eigenvalue weighted by Gasteiger charge is 2.49. The Labute approximate surface area is 245 Å². The maximum absolute atomic E-state index is 14.1. The van der Waals surface area contributed by atoms with Gasteiger partial charge in [0, 0.05) is 47.8 Å². The summed E-state index contributed by atoms with van der Waals surface area (Å²) in [6.45, 7) is 11.8. The van der Waals surface area contributed by atoms with E-state index in [4.69, 9.17) is 9.47 Å². The van der Waals surface area contributed by atoms with Gasteiger partial charge >= 0.3 is 0 Å². The number of carbonyl (C=O) groups is 2. The van der Waals surface area contributed by atoms with Gasteiger partial charge in [0.05, 0.1) is 17.3 Å². The van der Waals surface area contributed by atoms with Crippen LogP contribution in [0.3, 0.4) is 0 Å². The highest BCUT2D eigenvalue weighted by molar-refractivity contribution is 14.1. The van der Waals surface area contributed by atoms with Crippen LogP contribution in [0.2, 0.25) is 0 Å². The fourth-order valence-corrected chi connectivity index (χ4v) is 7.31. The van der Waals surface area contributed by atoms with E-state index in [1.807, 2.05) is 31.2 Å². The topological polar surface area (TPSA) is 55.8 Å². The normalized spacial score (nSPS) is 20.6. The largest absolute Gasteiger partial charge is 0.493 e. The van der Waals surface area contributed by atoms with Crippen LogP contribution >= 0.6 is 22.6 Å². The van der Waals surface area contributed by atoms with Crippen LogP contribution < -0.4 is 9.47 Å². The molecule has 0 spiro atoms. The van der Waals surface area contributed by atoms with Crippen molar-refractivity contribution in [1.82, 2.24) is 4.90 Å². The Morgan fingerprint density at radius 2 is 1.46 bits per heavy atom. The number of rotatable bonds is 6. The average Bonchev–Trinajstić information content (AvgIpc) is 2.85.